The number of hydrogen-bond donors (Lipinski definition) is 1. The van der Waals surface area contributed by atoms with Gasteiger partial charge in [-0.3, -0.25) is 9.59 Å². The Morgan fingerprint density at radius 3 is 2.81 bits per heavy atom. The third-order valence-corrected chi connectivity index (χ3v) is 6.15. The molecule has 2 saturated heterocycles. The molecule has 31 heavy (non-hydrogen) atoms. The molecule has 2 fully saturated rings. The second kappa shape index (κ2) is 9.96. The van der Waals surface area contributed by atoms with Crippen molar-refractivity contribution in [2.45, 2.75) is 38.1 Å². The minimum absolute atomic E-state index is 0.00981. The van der Waals surface area contributed by atoms with Crippen LogP contribution < -0.4 is 10.1 Å². The molecule has 0 saturated carbocycles. The van der Waals surface area contributed by atoms with Crippen LogP contribution in [-0.4, -0.2) is 59.9 Å². The van der Waals surface area contributed by atoms with Gasteiger partial charge in [-0.05, 0) is 43.4 Å². The lowest BCUT2D eigenvalue weighted by Gasteiger charge is -2.33. The number of aryl methyl sites for hydroxylation is 1. The molecule has 0 spiro atoms. The Balaban J connectivity index is 1.27. The second-order valence-electron chi connectivity index (χ2n) is 8.17. The number of hydrogen-bond acceptors (Lipinski definition) is 5. The molecule has 0 bridgehead atoms. The zero-order chi connectivity index (χ0) is 21.6. The molecule has 2 aliphatic heterocycles. The van der Waals surface area contributed by atoms with Gasteiger partial charge in [-0.2, -0.15) is 5.10 Å². The quantitative estimate of drug-likeness (QED) is 0.736. The predicted molar refractivity (Wildman–Crippen MR) is 116 cm³/mol. The van der Waals surface area contributed by atoms with Crippen LogP contribution in [0.2, 0.25) is 0 Å². The number of piperidine rings is 1. The first-order chi connectivity index (χ1) is 15.1. The molecule has 2 amide bonds. The fraction of sp³-hybridized carbons (Fsp3) is 0.522. The Morgan fingerprint density at radius 2 is 2.06 bits per heavy atom. The number of nitrogens with zero attached hydrogens (tertiary/aromatic N) is 3. The summed E-state index contributed by atoms with van der Waals surface area (Å²) in [5.74, 6) is 1.61. The van der Waals surface area contributed by atoms with Gasteiger partial charge in [0, 0.05) is 32.2 Å². The molecule has 0 unspecified atom stereocenters. The summed E-state index contributed by atoms with van der Waals surface area (Å²) < 4.78 is 12.5. The van der Waals surface area contributed by atoms with E-state index in [0.717, 1.165) is 36.4 Å². The van der Waals surface area contributed by atoms with E-state index in [1.807, 2.05) is 39.9 Å². The summed E-state index contributed by atoms with van der Waals surface area (Å²) in [7, 11) is 1.65. The monoisotopic (exact) mass is 426 g/mol. The molecule has 1 atom stereocenters. The Labute approximate surface area is 182 Å². The molecule has 0 aliphatic carbocycles. The number of aromatic nitrogens is 2. The Kier molecular flexibility index (Phi) is 6.86. The van der Waals surface area contributed by atoms with Crippen molar-refractivity contribution in [1.82, 2.24) is 14.7 Å². The zero-order valence-corrected chi connectivity index (χ0v) is 18.0. The summed E-state index contributed by atoms with van der Waals surface area (Å²) >= 11 is 0. The van der Waals surface area contributed by atoms with E-state index < -0.39 is 0 Å². The van der Waals surface area contributed by atoms with Crippen LogP contribution in [0.1, 0.15) is 37.3 Å². The van der Waals surface area contributed by atoms with E-state index in [1.54, 1.807) is 13.3 Å². The number of methoxy groups -OCH3 is 1. The van der Waals surface area contributed by atoms with Crippen molar-refractivity contribution >= 4 is 17.6 Å². The van der Waals surface area contributed by atoms with Crippen molar-refractivity contribution < 1.29 is 19.1 Å². The standard InChI is InChI=1S/C23H30N4O4/c1-30-20-4-2-3-17(15-20)5-6-22(28)26-12-8-19(9-13-26)27-21(7-11-24-27)25-23(29)18-10-14-31-16-18/h2-4,7,11,15,18-19H,5-6,8-10,12-14,16H2,1H3,(H,25,29)/t18-/m0/s1. The van der Waals surface area contributed by atoms with Gasteiger partial charge in [0.15, 0.2) is 0 Å². The van der Waals surface area contributed by atoms with Gasteiger partial charge >= 0.3 is 0 Å². The molecular formula is C23H30N4O4. The Morgan fingerprint density at radius 1 is 1.23 bits per heavy atom. The van der Waals surface area contributed by atoms with Crippen molar-refractivity contribution in [3.63, 3.8) is 0 Å². The first-order valence-corrected chi connectivity index (χ1v) is 11.0. The lowest BCUT2D eigenvalue weighted by molar-refractivity contribution is -0.132. The molecule has 3 heterocycles. The zero-order valence-electron chi connectivity index (χ0n) is 18.0. The molecule has 8 heteroatoms. The third-order valence-electron chi connectivity index (χ3n) is 6.15. The van der Waals surface area contributed by atoms with Gasteiger partial charge in [0.25, 0.3) is 0 Å². The highest BCUT2D eigenvalue weighted by atomic mass is 16.5. The van der Waals surface area contributed by atoms with E-state index in [9.17, 15) is 9.59 Å². The largest absolute Gasteiger partial charge is 0.497 e. The summed E-state index contributed by atoms with van der Waals surface area (Å²) in [6.45, 7) is 2.52. The Hall–Kier alpha value is -2.87. The third kappa shape index (κ3) is 5.25. The van der Waals surface area contributed by atoms with E-state index in [-0.39, 0.29) is 23.8 Å². The van der Waals surface area contributed by atoms with Gasteiger partial charge in [0.1, 0.15) is 11.6 Å². The SMILES string of the molecule is COc1cccc(CCC(=O)N2CCC(n3nccc3NC(=O)[C@H]3CCOC3)CC2)c1. The van der Waals surface area contributed by atoms with Crippen LogP contribution in [0.5, 0.6) is 5.75 Å². The smallest absolute Gasteiger partial charge is 0.231 e. The van der Waals surface area contributed by atoms with Crippen molar-refractivity contribution in [3.05, 3.63) is 42.1 Å². The van der Waals surface area contributed by atoms with Crippen LogP contribution in [-0.2, 0) is 20.7 Å². The van der Waals surface area contributed by atoms with Gasteiger partial charge in [-0.25, -0.2) is 4.68 Å². The molecule has 0 radical (unpaired) electrons. The molecule has 2 aromatic rings. The maximum absolute atomic E-state index is 12.7. The number of amides is 2. The minimum atomic E-state index is -0.0904. The Bertz CT molecular complexity index is 898. The summed E-state index contributed by atoms with van der Waals surface area (Å²) in [5, 5.41) is 7.44. The fourth-order valence-electron chi connectivity index (χ4n) is 4.27. The first kappa shape index (κ1) is 21.4. The molecule has 1 N–H and O–H groups in total. The summed E-state index contributed by atoms with van der Waals surface area (Å²) in [6, 6.07) is 9.86. The summed E-state index contributed by atoms with van der Waals surface area (Å²) in [4.78, 5) is 27.0. The van der Waals surface area contributed by atoms with Gasteiger partial charge < -0.3 is 19.7 Å². The van der Waals surface area contributed by atoms with Gasteiger partial charge in [0.2, 0.25) is 11.8 Å². The molecule has 166 valence electrons. The highest BCUT2D eigenvalue weighted by molar-refractivity contribution is 5.92. The number of likely N-dealkylation sites (tertiary alicyclic amines) is 1. The lowest BCUT2D eigenvalue weighted by Crippen LogP contribution is -2.39. The van der Waals surface area contributed by atoms with Crippen LogP contribution in [0.3, 0.4) is 0 Å². The highest BCUT2D eigenvalue weighted by Gasteiger charge is 2.28. The van der Waals surface area contributed by atoms with Crippen LogP contribution >= 0.6 is 0 Å². The number of carbonyl (C=O) groups is 2. The molecule has 1 aromatic heterocycles. The maximum atomic E-state index is 12.7. The second-order valence-corrected chi connectivity index (χ2v) is 8.17. The maximum Gasteiger partial charge on any atom is 0.231 e. The van der Waals surface area contributed by atoms with Crippen molar-refractivity contribution in [1.29, 1.82) is 0 Å². The van der Waals surface area contributed by atoms with Crippen LogP contribution in [0.15, 0.2) is 36.5 Å². The van der Waals surface area contributed by atoms with Crippen LogP contribution in [0, 0.1) is 5.92 Å². The van der Waals surface area contributed by atoms with Crippen molar-refractivity contribution in [2.24, 2.45) is 5.92 Å². The average molecular weight is 427 g/mol. The number of benzene rings is 1. The normalized spacial score (nSPS) is 19.4. The number of ether oxygens (including phenoxy) is 2. The summed E-state index contributed by atoms with van der Waals surface area (Å²) in [5.41, 5.74) is 1.10. The predicted octanol–water partition coefficient (Wildman–Crippen LogP) is 2.66. The molecule has 4 rings (SSSR count). The van der Waals surface area contributed by atoms with Crippen LogP contribution in [0.25, 0.3) is 0 Å². The fourth-order valence-corrected chi connectivity index (χ4v) is 4.27. The first-order valence-electron chi connectivity index (χ1n) is 11.0. The topological polar surface area (TPSA) is 85.7 Å². The average Bonchev–Trinajstić information content (AvgIpc) is 3.50. The van der Waals surface area contributed by atoms with Crippen LogP contribution in [0.4, 0.5) is 5.82 Å². The number of anilines is 1. The molecule has 8 nitrogen and oxygen atoms in total. The van der Waals surface area contributed by atoms with Crippen molar-refractivity contribution in [3.8, 4) is 5.75 Å². The van der Waals surface area contributed by atoms with E-state index in [4.69, 9.17) is 9.47 Å². The number of nitrogens with one attached hydrogen (secondary N) is 1. The highest BCUT2D eigenvalue weighted by Crippen LogP contribution is 2.27. The van der Waals surface area contributed by atoms with Gasteiger partial charge in [-0.15, -0.1) is 0 Å². The minimum Gasteiger partial charge on any atom is -0.497 e. The van der Waals surface area contributed by atoms with Gasteiger partial charge in [-0.1, -0.05) is 12.1 Å². The summed E-state index contributed by atoms with van der Waals surface area (Å²) in [6.07, 6.45) is 5.31. The van der Waals surface area contributed by atoms with Crippen molar-refractivity contribution in [2.75, 3.05) is 38.7 Å². The van der Waals surface area contributed by atoms with E-state index in [0.29, 0.717) is 39.1 Å². The molecular weight excluding hydrogens is 396 g/mol. The molecule has 1 aromatic carbocycles. The lowest BCUT2D eigenvalue weighted by atomic mass is 10.0. The number of carbonyl (C=O) groups excluding carboxylic acids is 2. The van der Waals surface area contributed by atoms with E-state index in [1.165, 1.54) is 0 Å². The van der Waals surface area contributed by atoms with Gasteiger partial charge in [0.05, 0.1) is 31.9 Å². The molecule has 2 aliphatic rings. The van der Waals surface area contributed by atoms with E-state index >= 15 is 0 Å². The number of rotatable bonds is 7. The van der Waals surface area contributed by atoms with E-state index in [2.05, 4.69) is 10.4 Å².